The van der Waals surface area contributed by atoms with E-state index in [-0.39, 0.29) is 18.3 Å². The van der Waals surface area contributed by atoms with Crippen molar-refractivity contribution in [2.45, 2.75) is 19.2 Å². The van der Waals surface area contributed by atoms with Crippen molar-refractivity contribution in [1.29, 1.82) is 5.41 Å². The summed E-state index contributed by atoms with van der Waals surface area (Å²) in [7, 11) is 4.71. The van der Waals surface area contributed by atoms with Crippen molar-refractivity contribution in [1.82, 2.24) is 5.32 Å². The molecule has 0 spiro atoms. The second-order valence-corrected chi connectivity index (χ2v) is 9.16. The highest BCUT2D eigenvalue weighted by Crippen LogP contribution is 2.33. The minimum atomic E-state index is -0.768. The average molecular weight is 555 g/mol. The number of hydrogen-bond donors (Lipinski definition) is 4. The van der Waals surface area contributed by atoms with Crippen molar-refractivity contribution in [3.63, 3.8) is 0 Å². The lowest BCUT2D eigenvalue weighted by molar-refractivity contribution is -0.122. The SMILES string of the molecule is COc1ccc(CNC(=O)C(Nc2ccc(C(=N)N)cc2)c2ccc(OCc3ccccc3)c(OC)c2)cc1OC. The molecule has 0 aliphatic carbocycles. The van der Waals surface area contributed by atoms with Crippen LogP contribution in [0.5, 0.6) is 23.0 Å². The summed E-state index contributed by atoms with van der Waals surface area (Å²) in [6.45, 7) is 0.655. The van der Waals surface area contributed by atoms with Gasteiger partial charge in [0.15, 0.2) is 23.0 Å². The summed E-state index contributed by atoms with van der Waals surface area (Å²) in [4.78, 5) is 13.6. The molecule has 1 amide bonds. The van der Waals surface area contributed by atoms with Crippen LogP contribution < -0.4 is 35.3 Å². The fourth-order valence-corrected chi connectivity index (χ4v) is 4.21. The number of methoxy groups -OCH3 is 3. The number of carbonyl (C=O) groups is 1. The first-order chi connectivity index (χ1) is 19.9. The quantitative estimate of drug-likeness (QED) is 0.135. The molecule has 9 nitrogen and oxygen atoms in total. The molecule has 0 saturated carbocycles. The lowest BCUT2D eigenvalue weighted by Crippen LogP contribution is -2.33. The van der Waals surface area contributed by atoms with E-state index in [0.717, 1.165) is 11.1 Å². The highest BCUT2D eigenvalue weighted by Gasteiger charge is 2.23. The Morgan fingerprint density at radius 1 is 0.780 bits per heavy atom. The van der Waals surface area contributed by atoms with E-state index in [4.69, 9.17) is 30.1 Å². The second kappa shape index (κ2) is 13.7. The van der Waals surface area contributed by atoms with Crippen molar-refractivity contribution >= 4 is 17.4 Å². The smallest absolute Gasteiger partial charge is 0.247 e. The van der Waals surface area contributed by atoms with E-state index in [1.807, 2.05) is 48.5 Å². The van der Waals surface area contributed by atoms with Crippen LogP contribution >= 0.6 is 0 Å². The molecule has 41 heavy (non-hydrogen) atoms. The van der Waals surface area contributed by atoms with Crippen LogP contribution in [0.15, 0.2) is 91.0 Å². The van der Waals surface area contributed by atoms with Gasteiger partial charge in [-0.25, -0.2) is 0 Å². The summed E-state index contributed by atoms with van der Waals surface area (Å²) < 4.78 is 22.3. The summed E-state index contributed by atoms with van der Waals surface area (Å²) in [5.74, 6) is 1.97. The van der Waals surface area contributed by atoms with Crippen molar-refractivity contribution in [2.24, 2.45) is 5.73 Å². The van der Waals surface area contributed by atoms with Gasteiger partial charge in [0, 0.05) is 17.8 Å². The van der Waals surface area contributed by atoms with E-state index in [2.05, 4.69) is 10.6 Å². The second-order valence-electron chi connectivity index (χ2n) is 9.16. The topological polar surface area (TPSA) is 128 Å². The third-order valence-corrected chi connectivity index (χ3v) is 6.44. The van der Waals surface area contributed by atoms with E-state index in [1.54, 1.807) is 63.8 Å². The predicted octanol–water partition coefficient (Wildman–Crippen LogP) is 5.05. The number of benzene rings is 4. The maximum atomic E-state index is 13.6. The van der Waals surface area contributed by atoms with Gasteiger partial charge in [-0.2, -0.15) is 0 Å². The molecule has 0 fully saturated rings. The number of anilines is 1. The molecular formula is C32H34N4O5. The molecule has 1 unspecified atom stereocenters. The number of amidine groups is 1. The fraction of sp³-hybridized carbons (Fsp3) is 0.188. The Kier molecular flexibility index (Phi) is 9.66. The highest BCUT2D eigenvalue weighted by atomic mass is 16.5. The standard InChI is InChI=1S/C32H34N4O5/c1-38-26-15-9-22(17-28(26)39-2)19-35-32(37)30(36-25-13-10-23(11-14-25)31(33)34)24-12-16-27(29(18-24)40-3)41-20-21-7-5-4-6-8-21/h4-18,30,36H,19-20H2,1-3H3,(H3,33,34)(H,35,37). The Hall–Kier alpha value is -5.18. The molecule has 4 aromatic carbocycles. The molecule has 4 aromatic rings. The van der Waals surface area contributed by atoms with Crippen LogP contribution in [0.25, 0.3) is 0 Å². The van der Waals surface area contributed by atoms with Gasteiger partial charge < -0.3 is 35.3 Å². The van der Waals surface area contributed by atoms with Crippen LogP contribution in [0, 0.1) is 5.41 Å². The van der Waals surface area contributed by atoms with Crippen LogP contribution in [-0.4, -0.2) is 33.1 Å². The normalized spacial score (nSPS) is 11.2. The monoisotopic (exact) mass is 554 g/mol. The Labute approximate surface area is 239 Å². The predicted molar refractivity (Wildman–Crippen MR) is 159 cm³/mol. The summed E-state index contributed by atoms with van der Waals surface area (Å²) in [5.41, 5.74) is 9.43. The Morgan fingerprint density at radius 2 is 1.44 bits per heavy atom. The van der Waals surface area contributed by atoms with Gasteiger partial charge in [0.2, 0.25) is 5.91 Å². The zero-order valence-electron chi connectivity index (χ0n) is 23.3. The maximum absolute atomic E-state index is 13.6. The van der Waals surface area contributed by atoms with E-state index in [0.29, 0.717) is 46.4 Å². The zero-order chi connectivity index (χ0) is 29.2. The van der Waals surface area contributed by atoms with E-state index in [1.165, 1.54) is 0 Å². The lowest BCUT2D eigenvalue weighted by Gasteiger charge is -2.22. The van der Waals surface area contributed by atoms with Crippen LogP contribution in [-0.2, 0) is 17.9 Å². The summed E-state index contributed by atoms with van der Waals surface area (Å²) in [6.07, 6.45) is 0. The number of rotatable bonds is 13. The molecule has 4 rings (SSSR count). The first-order valence-corrected chi connectivity index (χ1v) is 13.0. The van der Waals surface area contributed by atoms with Gasteiger partial charge in [-0.15, -0.1) is 0 Å². The van der Waals surface area contributed by atoms with Gasteiger partial charge in [0.25, 0.3) is 0 Å². The van der Waals surface area contributed by atoms with Crippen LogP contribution in [0.3, 0.4) is 0 Å². The molecule has 212 valence electrons. The molecule has 0 aromatic heterocycles. The average Bonchev–Trinajstić information content (AvgIpc) is 3.01. The molecule has 0 aliphatic rings. The summed E-state index contributed by atoms with van der Waals surface area (Å²) in [6, 6.07) is 27.0. The van der Waals surface area contributed by atoms with E-state index >= 15 is 0 Å². The molecule has 0 bridgehead atoms. The third kappa shape index (κ3) is 7.48. The number of nitrogens with two attached hydrogens (primary N) is 1. The first-order valence-electron chi connectivity index (χ1n) is 13.0. The Morgan fingerprint density at radius 3 is 2.10 bits per heavy atom. The van der Waals surface area contributed by atoms with Gasteiger partial charge in [0.1, 0.15) is 18.5 Å². The number of amides is 1. The third-order valence-electron chi connectivity index (χ3n) is 6.44. The van der Waals surface area contributed by atoms with Gasteiger partial charge in [-0.1, -0.05) is 42.5 Å². The van der Waals surface area contributed by atoms with Crippen molar-refractivity contribution in [3.05, 3.63) is 113 Å². The molecule has 9 heteroatoms. The molecule has 1 atom stereocenters. The first kappa shape index (κ1) is 28.8. The number of nitrogens with one attached hydrogen (secondary N) is 3. The van der Waals surface area contributed by atoms with E-state index in [9.17, 15) is 4.79 Å². The number of hydrogen-bond acceptors (Lipinski definition) is 7. The Balaban J connectivity index is 1.57. The van der Waals surface area contributed by atoms with Gasteiger partial charge >= 0.3 is 0 Å². The minimum absolute atomic E-state index is 0.0309. The van der Waals surface area contributed by atoms with Crippen LogP contribution in [0.1, 0.15) is 28.3 Å². The number of ether oxygens (including phenoxy) is 4. The van der Waals surface area contributed by atoms with Crippen molar-refractivity contribution in [2.75, 3.05) is 26.6 Å². The summed E-state index contributed by atoms with van der Waals surface area (Å²) in [5, 5.41) is 14.0. The van der Waals surface area contributed by atoms with Crippen LogP contribution in [0.2, 0.25) is 0 Å². The van der Waals surface area contributed by atoms with Crippen LogP contribution in [0.4, 0.5) is 5.69 Å². The molecule has 0 saturated heterocycles. The molecule has 5 N–H and O–H groups in total. The van der Waals surface area contributed by atoms with Crippen molar-refractivity contribution < 1.29 is 23.7 Å². The highest BCUT2D eigenvalue weighted by molar-refractivity contribution is 5.95. The zero-order valence-corrected chi connectivity index (χ0v) is 23.3. The van der Waals surface area contributed by atoms with E-state index < -0.39 is 6.04 Å². The van der Waals surface area contributed by atoms with Gasteiger partial charge in [-0.3, -0.25) is 10.2 Å². The Bertz CT molecular complexity index is 1480. The van der Waals surface area contributed by atoms with Gasteiger partial charge in [0.05, 0.1) is 21.3 Å². The summed E-state index contributed by atoms with van der Waals surface area (Å²) >= 11 is 0. The fourth-order valence-electron chi connectivity index (χ4n) is 4.21. The minimum Gasteiger partial charge on any atom is -0.493 e. The van der Waals surface area contributed by atoms with Crippen molar-refractivity contribution in [3.8, 4) is 23.0 Å². The van der Waals surface area contributed by atoms with Gasteiger partial charge in [-0.05, 0) is 65.2 Å². The largest absolute Gasteiger partial charge is 0.493 e. The number of carbonyl (C=O) groups excluding carboxylic acids is 1. The maximum Gasteiger partial charge on any atom is 0.247 e. The lowest BCUT2D eigenvalue weighted by atomic mass is 10.0. The molecular weight excluding hydrogens is 520 g/mol. The molecule has 0 aliphatic heterocycles. The molecule has 0 heterocycles. The number of nitrogen functional groups attached to an aromatic ring is 1. The molecule has 0 radical (unpaired) electrons.